The number of hydrogen-bond acceptors (Lipinski definition) is 4. The zero-order valence-electron chi connectivity index (χ0n) is 19.0. The van der Waals surface area contributed by atoms with E-state index < -0.39 is 6.04 Å². The number of hydrogen-bond donors (Lipinski definition) is 1. The van der Waals surface area contributed by atoms with Gasteiger partial charge in [0.1, 0.15) is 6.04 Å². The highest BCUT2D eigenvalue weighted by molar-refractivity contribution is 6.03. The van der Waals surface area contributed by atoms with Crippen LogP contribution >= 0.6 is 0 Å². The van der Waals surface area contributed by atoms with Gasteiger partial charge in [-0.05, 0) is 30.2 Å². The van der Waals surface area contributed by atoms with Gasteiger partial charge >= 0.3 is 0 Å². The standard InChI is InChI=1S/C26H34N4O2/c1-2-25(31)30-23-12-7-6-11-22(23)19-24(30)26(32)27-13-8-14-28-15-17-29(18-16-28)20-21-9-4-3-5-10-21/h3-7,9-12,24H,2,8,13-20H2,1H3,(H,27,32)/t24-/m1/s1. The lowest BCUT2D eigenvalue weighted by atomic mass is 10.1. The maximum absolute atomic E-state index is 12.9. The summed E-state index contributed by atoms with van der Waals surface area (Å²) in [4.78, 5) is 32.1. The smallest absolute Gasteiger partial charge is 0.243 e. The Morgan fingerprint density at radius 1 is 0.938 bits per heavy atom. The summed E-state index contributed by atoms with van der Waals surface area (Å²) < 4.78 is 0. The largest absolute Gasteiger partial charge is 0.354 e. The first kappa shape index (κ1) is 22.5. The van der Waals surface area contributed by atoms with Crippen molar-refractivity contribution in [2.45, 2.75) is 38.8 Å². The van der Waals surface area contributed by atoms with Crippen molar-refractivity contribution in [1.82, 2.24) is 15.1 Å². The normalized spacial score (nSPS) is 19.0. The first-order chi connectivity index (χ1) is 15.7. The van der Waals surface area contributed by atoms with Crippen LogP contribution in [0.15, 0.2) is 54.6 Å². The van der Waals surface area contributed by atoms with Crippen LogP contribution in [0.1, 0.15) is 30.9 Å². The topological polar surface area (TPSA) is 55.9 Å². The molecule has 2 amide bonds. The molecule has 0 bridgehead atoms. The van der Waals surface area contributed by atoms with Gasteiger partial charge in [-0.15, -0.1) is 0 Å². The molecule has 32 heavy (non-hydrogen) atoms. The molecule has 6 heteroatoms. The molecule has 0 aliphatic carbocycles. The Bertz CT molecular complexity index is 909. The number of nitrogens with zero attached hydrogens (tertiary/aromatic N) is 3. The highest BCUT2D eigenvalue weighted by Gasteiger charge is 2.37. The first-order valence-electron chi connectivity index (χ1n) is 11.8. The number of carbonyl (C=O) groups excluding carboxylic acids is 2. The van der Waals surface area contributed by atoms with Gasteiger partial charge in [-0.25, -0.2) is 0 Å². The molecule has 0 aromatic heterocycles. The number of nitrogens with one attached hydrogen (secondary N) is 1. The lowest BCUT2D eigenvalue weighted by molar-refractivity contribution is -0.126. The molecule has 2 aromatic carbocycles. The van der Waals surface area contributed by atoms with E-state index in [1.165, 1.54) is 5.56 Å². The van der Waals surface area contributed by atoms with Crippen molar-refractivity contribution in [3.8, 4) is 0 Å². The van der Waals surface area contributed by atoms with E-state index in [1.807, 2.05) is 31.2 Å². The maximum atomic E-state index is 12.9. The Kier molecular flexibility index (Phi) is 7.55. The van der Waals surface area contributed by atoms with E-state index in [2.05, 4.69) is 45.4 Å². The summed E-state index contributed by atoms with van der Waals surface area (Å²) in [6.07, 6.45) is 1.91. The molecule has 0 radical (unpaired) electrons. The second kappa shape index (κ2) is 10.7. The Labute approximate surface area is 191 Å². The predicted molar refractivity (Wildman–Crippen MR) is 127 cm³/mol. The van der Waals surface area contributed by atoms with Crippen molar-refractivity contribution >= 4 is 17.5 Å². The predicted octanol–water partition coefficient (Wildman–Crippen LogP) is 2.68. The van der Waals surface area contributed by atoms with E-state index in [1.54, 1.807) is 4.90 Å². The maximum Gasteiger partial charge on any atom is 0.243 e. The van der Waals surface area contributed by atoms with E-state index in [9.17, 15) is 9.59 Å². The molecule has 0 saturated carbocycles. The average molecular weight is 435 g/mol. The lowest BCUT2D eigenvalue weighted by Crippen LogP contribution is -2.49. The van der Waals surface area contributed by atoms with Crippen LogP contribution in [0, 0.1) is 0 Å². The third kappa shape index (κ3) is 5.37. The molecule has 2 aromatic rings. The minimum atomic E-state index is -0.429. The zero-order valence-corrected chi connectivity index (χ0v) is 19.0. The van der Waals surface area contributed by atoms with Gasteiger partial charge in [-0.3, -0.25) is 19.4 Å². The fourth-order valence-corrected chi connectivity index (χ4v) is 4.72. The van der Waals surface area contributed by atoms with Crippen molar-refractivity contribution < 1.29 is 9.59 Å². The average Bonchev–Trinajstić information content (AvgIpc) is 3.23. The van der Waals surface area contributed by atoms with E-state index in [0.717, 1.165) is 56.9 Å². The van der Waals surface area contributed by atoms with Gasteiger partial charge in [-0.1, -0.05) is 55.5 Å². The van der Waals surface area contributed by atoms with Crippen molar-refractivity contribution in [2.75, 3.05) is 44.2 Å². The Balaban J connectivity index is 1.18. The zero-order chi connectivity index (χ0) is 22.3. The van der Waals surface area contributed by atoms with Crippen LogP contribution in [0.4, 0.5) is 5.69 Å². The summed E-state index contributed by atoms with van der Waals surface area (Å²) in [7, 11) is 0. The Hall–Kier alpha value is -2.70. The second-order valence-corrected chi connectivity index (χ2v) is 8.71. The molecule has 6 nitrogen and oxygen atoms in total. The SMILES string of the molecule is CCC(=O)N1c2ccccc2C[C@@H]1C(=O)NCCCN1CCN(Cc2ccccc2)CC1. The molecule has 2 aliphatic rings. The van der Waals surface area contributed by atoms with E-state index in [0.29, 0.717) is 19.4 Å². The van der Waals surface area contributed by atoms with Crippen molar-refractivity contribution in [2.24, 2.45) is 0 Å². The van der Waals surface area contributed by atoms with Crippen LogP contribution in [0.25, 0.3) is 0 Å². The summed E-state index contributed by atoms with van der Waals surface area (Å²) in [6, 6.07) is 18.0. The van der Waals surface area contributed by atoms with Gasteiger partial charge in [-0.2, -0.15) is 0 Å². The van der Waals surface area contributed by atoms with E-state index in [-0.39, 0.29) is 11.8 Å². The highest BCUT2D eigenvalue weighted by atomic mass is 16.2. The number of benzene rings is 2. The quantitative estimate of drug-likeness (QED) is 0.649. The number of piperazine rings is 1. The molecule has 1 N–H and O–H groups in total. The van der Waals surface area contributed by atoms with Gasteiger partial charge in [0.05, 0.1) is 0 Å². The van der Waals surface area contributed by atoms with Crippen LogP contribution in [0.2, 0.25) is 0 Å². The summed E-state index contributed by atoms with van der Waals surface area (Å²) in [6.45, 7) is 8.78. The van der Waals surface area contributed by atoms with Crippen LogP contribution < -0.4 is 10.2 Å². The third-order valence-electron chi connectivity index (χ3n) is 6.51. The molecule has 1 saturated heterocycles. The van der Waals surface area contributed by atoms with Crippen LogP contribution in [-0.2, 0) is 22.6 Å². The molecule has 4 rings (SSSR count). The summed E-state index contributed by atoms with van der Waals surface area (Å²) >= 11 is 0. The number of carbonyl (C=O) groups is 2. The number of amides is 2. The molecule has 0 unspecified atom stereocenters. The summed E-state index contributed by atoms with van der Waals surface area (Å²) in [5.74, 6) is -0.0424. The number of para-hydroxylation sites is 1. The lowest BCUT2D eigenvalue weighted by Gasteiger charge is -2.34. The molecule has 0 spiro atoms. The fourth-order valence-electron chi connectivity index (χ4n) is 4.72. The van der Waals surface area contributed by atoms with E-state index >= 15 is 0 Å². The first-order valence-corrected chi connectivity index (χ1v) is 11.8. The number of anilines is 1. The van der Waals surface area contributed by atoms with Gasteiger partial charge in [0, 0.05) is 57.8 Å². The third-order valence-corrected chi connectivity index (χ3v) is 6.51. The minimum Gasteiger partial charge on any atom is -0.354 e. The molecular formula is C26H34N4O2. The minimum absolute atomic E-state index is 0.00322. The summed E-state index contributed by atoms with van der Waals surface area (Å²) in [5.41, 5.74) is 3.32. The Morgan fingerprint density at radius 3 is 2.38 bits per heavy atom. The molecule has 2 heterocycles. The monoisotopic (exact) mass is 434 g/mol. The molecule has 1 atom stereocenters. The fraction of sp³-hybridized carbons (Fsp3) is 0.462. The number of rotatable bonds is 8. The molecular weight excluding hydrogens is 400 g/mol. The summed E-state index contributed by atoms with van der Waals surface area (Å²) in [5, 5.41) is 3.08. The van der Waals surface area contributed by atoms with Crippen molar-refractivity contribution in [3.05, 3.63) is 65.7 Å². The van der Waals surface area contributed by atoms with Gasteiger partial charge in [0.25, 0.3) is 0 Å². The second-order valence-electron chi connectivity index (χ2n) is 8.71. The van der Waals surface area contributed by atoms with Gasteiger partial charge < -0.3 is 10.2 Å². The molecule has 1 fully saturated rings. The number of fused-ring (bicyclic) bond motifs is 1. The molecule has 170 valence electrons. The van der Waals surface area contributed by atoms with Gasteiger partial charge in [0.2, 0.25) is 11.8 Å². The van der Waals surface area contributed by atoms with Crippen LogP contribution in [0.5, 0.6) is 0 Å². The van der Waals surface area contributed by atoms with Crippen LogP contribution in [0.3, 0.4) is 0 Å². The highest BCUT2D eigenvalue weighted by Crippen LogP contribution is 2.32. The van der Waals surface area contributed by atoms with E-state index in [4.69, 9.17) is 0 Å². The van der Waals surface area contributed by atoms with Crippen LogP contribution in [-0.4, -0.2) is 66.9 Å². The van der Waals surface area contributed by atoms with Gasteiger partial charge in [0.15, 0.2) is 0 Å². The van der Waals surface area contributed by atoms with Crippen molar-refractivity contribution in [1.29, 1.82) is 0 Å². The van der Waals surface area contributed by atoms with Crippen molar-refractivity contribution in [3.63, 3.8) is 0 Å². The molecule has 2 aliphatic heterocycles. The Morgan fingerprint density at radius 2 is 1.62 bits per heavy atom.